The van der Waals surface area contributed by atoms with Crippen molar-refractivity contribution in [1.29, 1.82) is 0 Å². The number of anilines is 1. The van der Waals surface area contributed by atoms with Gasteiger partial charge in [-0.3, -0.25) is 4.90 Å². The third-order valence-corrected chi connectivity index (χ3v) is 5.29. The van der Waals surface area contributed by atoms with E-state index in [1.54, 1.807) is 6.33 Å². The predicted octanol–water partition coefficient (Wildman–Crippen LogP) is 2.26. The number of hydrogen-bond acceptors (Lipinski definition) is 4. The summed E-state index contributed by atoms with van der Waals surface area (Å²) in [5, 5.41) is 7.86. The Balaban J connectivity index is 1.45. The molecule has 2 aliphatic heterocycles. The summed E-state index contributed by atoms with van der Waals surface area (Å²) >= 11 is 0. The average Bonchev–Trinajstić information content (AvgIpc) is 3.15. The van der Waals surface area contributed by atoms with Crippen molar-refractivity contribution in [3.05, 3.63) is 42.0 Å². The highest BCUT2D eigenvalue weighted by Crippen LogP contribution is 2.43. The molecule has 5 nitrogen and oxygen atoms in total. The quantitative estimate of drug-likeness (QED) is 0.944. The fourth-order valence-electron chi connectivity index (χ4n) is 3.92. The monoisotopic (exact) mass is 297 g/mol. The second-order valence-electron chi connectivity index (χ2n) is 6.45. The first-order valence-electron chi connectivity index (χ1n) is 8.23. The Morgan fingerprint density at radius 2 is 2.05 bits per heavy atom. The summed E-state index contributed by atoms with van der Waals surface area (Å²) in [5.74, 6) is 1.09. The van der Waals surface area contributed by atoms with Gasteiger partial charge in [-0.1, -0.05) is 18.2 Å². The van der Waals surface area contributed by atoms with Gasteiger partial charge in [-0.2, -0.15) is 5.10 Å². The van der Waals surface area contributed by atoms with Gasteiger partial charge in [0.25, 0.3) is 0 Å². The molecule has 0 radical (unpaired) electrons. The van der Waals surface area contributed by atoms with Gasteiger partial charge in [0.15, 0.2) is 0 Å². The fourth-order valence-corrected chi connectivity index (χ4v) is 3.92. The van der Waals surface area contributed by atoms with Crippen LogP contribution in [0.15, 0.2) is 30.6 Å². The molecule has 5 heteroatoms. The van der Waals surface area contributed by atoms with Crippen LogP contribution in [0.25, 0.3) is 0 Å². The van der Waals surface area contributed by atoms with Gasteiger partial charge in [0.2, 0.25) is 0 Å². The zero-order valence-corrected chi connectivity index (χ0v) is 13.1. The Hall–Kier alpha value is -1.88. The van der Waals surface area contributed by atoms with E-state index in [4.69, 9.17) is 0 Å². The first-order valence-corrected chi connectivity index (χ1v) is 8.23. The Kier molecular flexibility index (Phi) is 3.37. The van der Waals surface area contributed by atoms with Crippen molar-refractivity contribution < 1.29 is 0 Å². The summed E-state index contributed by atoms with van der Waals surface area (Å²) in [7, 11) is 0. The lowest BCUT2D eigenvalue weighted by molar-refractivity contribution is 0.157. The molecule has 0 aliphatic carbocycles. The zero-order chi connectivity index (χ0) is 15.0. The van der Waals surface area contributed by atoms with E-state index in [1.165, 1.54) is 24.1 Å². The molecule has 2 aromatic rings. The van der Waals surface area contributed by atoms with E-state index in [2.05, 4.69) is 51.5 Å². The molecule has 0 atom stereocenters. The fraction of sp³-hybridized carbons (Fsp3) is 0.529. The van der Waals surface area contributed by atoms with Gasteiger partial charge in [-0.15, -0.1) is 0 Å². The number of nitrogens with one attached hydrogen (secondary N) is 1. The van der Waals surface area contributed by atoms with E-state index in [-0.39, 0.29) is 0 Å². The van der Waals surface area contributed by atoms with Crippen LogP contribution < -0.4 is 5.32 Å². The van der Waals surface area contributed by atoms with Crippen LogP contribution in [0.3, 0.4) is 0 Å². The molecule has 1 spiro atoms. The second-order valence-corrected chi connectivity index (χ2v) is 6.45. The molecule has 1 saturated heterocycles. The lowest BCUT2D eigenvalue weighted by Gasteiger charge is -2.39. The maximum atomic E-state index is 4.40. The largest absolute Gasteiger partial charge is 0.384 e. The molecule has 1 fully saturated rings. The van der Waals surface area contributed by atoms with Crippen molar-refractivity contribution in [2.24, 2.45) is 0 Å². The van der Waals surface area contributed by atoms with Crippen LogP contribution in [-0.2, 0) is 18.5 Å². The molecular formula is C17H23N5. The molecule has 22 heavy (non-hydrogen) atoms. The highest BCUT2D eigenvalue weighted by Gasteiger charge is 2.41. The first kappa shape index (κ1) is 13.8. The molecule has 4 rings (SSSR count). The smallest absolute Gasteiger partial charge is 0.140 e. The number of piperidine rings is 1. The van der Waals surface area contributed by atoms with E-state index in [0.29, 0.717) is 5.41 Å². The third kappa shape index (κ3) is 2.20. The Morgan fingerprint density at radius 3 is 2.86 bits per heavy atom. The van der Waals surface area contributed by atoms with Crippen LogP contribution in [0.1, 0.15) is 31.2 Å². The van der Waals surface area contributed by atoms with Crippen LogP contribution in [0.4, 0.5) is 5.69 Å². The van der Waals surface area contributed by atoms with Gasteiger partial charge in [0.05, 0.1) is 6.54 Å². The van der Waals surface area contributed by atoms with Gasteiger partial charge < -0.3 is 5.32 Å². The SMILES string of the molecule is CCn1ncnc1CN1CCC2(CC1)CNc1ccccc12. The van der Waals surface area contributed by atoms with Crippen LogP contribution in [0.5, 0.6) is 0 Å². The molecule has 116 valence electrons. The number of rotatable bonds is 3. The minimum absolute atomic E-state index is 0.339. The predicted molar refractivity (Wildman–Crippen MR) is 86.8 cm³/mol. The number of aryl methyl sites for hydroxylation is 1. The molecule has 3 heterocycles. The van der Waals surface area contributed by atoms with E-state index in [1.807, 2.05) is 4.68 Å². The van der Waals surface area contributed by atoms with Gasteiger partial charge >= 0.3 is 0 Å². The highest BCUT2D eigenvalue weighted by molar-refractivity contribution is 5.60. The maximum absolute atomic E-state index is 4.40. The molecule has 1 aromatic heterocycles. The number of hydrogen-bond donors (Lipinski definition) is 1. The van der Waals surface area contributed by atoms with Crippen LogP contribution in [-0.4, -0.2) is 39.3 Å². The molecule has 1 N–H and O–H groups in total. The topological polar surface area (TPSA) is 46.0 Å². The van der Waals surface area contributed by atoms with Crippen molar-refractivity contribution in [3.8, 4) is 0 Å². The Morgan fingerprint density at radius 1 is 1.23 bits per heavy atom. The number of likely N-dealkylation sites (tertiary alicyclic amines) is 1. The number of nitrogens with zero attached hydrogens (tertiary/aromatic N) is 4. The minimum Gasteiger partial charge on any atom is -0.384 e. The van der Waals surface area contributed by atoms with Gasteiger partial charge in [0, 0.05) is 24.2 Å². The number of para-hydroxylation sites is 1. The van der Waals surface area contributed by atoms with Gasteiger partial charge in [-0.25, -0.2) is 9.67 Å². The number of benzene rings is 1. The third-order valence-electron chi connectivity index (χ3n) is 5.29. The van der Waals surface area contributed by atoms with Crippen molar-refractivity contribution in [2.45, 2.75) is 38.3 Å². The van der Waals surface area contributed by atoms with E-state index >= 15 is 0 Å². The zero-order valence-electron chi connectivity index (χ0n) is 13.1. The summed E-state index contributed by atoms with van der Waals surface area (Å²) < 4.78 is 2.00. The van der Waals surface area contributed by atoms with Gasteiger partial charge in [-0.05, 0) is 44.5 Å². The van der Waals surface area contributed by atoms with Gasteiger partial charge in [0.1, 0.15) is 12.2 Å². The number of fused-ring (bicyclic) bond motifs is 2. The van der Waals surface area contributed by atoms with Crippen molar-refractivity contribution in [2.75, 3.05) is 25.0 Å². The average molecular weight is 297 g/mol. The molecular weight excluding hydrogens is 274 g/mol. The first-order chi connectivity index (χ1) is 10.8. The van der Waals surface area contributed by atoms with Crippen LogP contribution in [0, 0.1) is 0 Å². The lowest BCUT2D eigenvalue weighted by Crippen LogP contribution is -2.43. The van der Waals surface area contributed by atoms with E-state index in [0.717, 1.165) is 38.5 Å². The minimum atomic E-state index is 0.339. The summed E-state index contributed by atoms with van der Waals surface area (Å²) in [6.45, 7) is 7.28. The molecule has 2 aliphatic rings. The number of aromatic nitrogens is 3. The van der Waals surface area contributed by atoms with Crippen molar-refractivity contribution in [3.63, 3.8) is 0 Å². The van der Waals surface area contributed by atoms with Crippen LogP contribution >= 0.6 is 0 Å². The van der Waals surface area contributed by atoms with Crippen molar-refractivity contribution in [1.82, 2.24) is 19.7 Å². The maximum Gasteiger partial charge on any atom is 0.140 e. The molecule has 0 saturated carbocycles. The van der Waals surface area contributed by atoms with E-state index < -0.39 is 0 Å². The summed E-state index contributed by atoms with van der Waals surface area (Å²) in [6.07, 6.45) is 4.11. The molecule has 1 aromatic carbocycles. The second kappa shape index (κ2) is 5.39. The molecule has 0 bridgehead atoms. The summed E-state index contributed by atoms with van der Waals surface area (Å²) in [4.78, 5) is 6.92. The summed E-state index contributed by atoms with van der Waals surface area (Å²) in [5.41, 5.74) is 3.19. The van der Waals surface area contributed by atoms with Crippen molar-refractivity contribution >= 4 is 5.69 Å². The molecule has 0 amide bonds. The normalized spacial score (nSPS) is 20.0. The Bertz CT molecular complexity index is 655. The lowest BCUT2D eigenvalue weighted by atomic mass is 9.74. The molecule has 0 unspecified atom stereocenters. The standard InChI is InChI=1S/C17H23N5/c1-2-22-16(19-13-20-22)11-21-9-7-17(8-10-21)12-18-15-6-4-3-5-14(15)17/h3-6,13,18H,2,7-12H2,1H3. The Labute approximate surface area is 131 Å². The van der Waals surface area contributed by atoms with Crippen LogP contribution in [0.2, 0.25) is 0 Å². The highest BCUT2D eigenvalue weighted by atomic mass is 15.3. The summed E-state index contributed by atoms with van der Waals surface area (Å²) in [6, 6.07) is 8.81. The van der Waals surface area contributed by atoms with E-state index in [9.17, 15) is 0 Å².